The Bertz CT molecular complexity index is 570. The van der Waals surface area contributed by atoms with E-state index in [4.69, 9.17) is 10.5 Å². The van der Waals surface area contributed by atoms with Gasteiger partial charge in [0.05, 0.1) is 0 Å². The Morgan fingerprint density at radius 3 is 2.83 bits per heavy atom. The van der Waals surface area contributed by atoms with E-state index in [-0.39, 0.29) is 18.2 Å². The molecule has 0 aliphatic heterocycles. The molecule has 0 saturated heterocycles. The van der Waals surface area contributed by atoms with Crippen molar-refractivity contribution in [2.45, 2.75) is 13.5 Å². The molecule has 4 heteroatoms. The monoisotopic (exact) mass is 309 g/mol. The first-order valence-electron chi connectivity index (χ1n) is 5.50. The van der Waals surface area contributed by atoms with Crippen LogP contribution < -0.4 is 10.5 Å². The van der Waals surface area contributed by atoms with Gasteiger partial charge in [0.2, 0.25) is 0 Å². The van der Waals surface area contributed by atoms with Crippen LogP contribution in [0.2, 0.25) is 0 Å². The van der Waals surface area contributed by atoms with Crippen LogP contribution in [0.15, 0.2) is 40.9 Å². The van der Waals surface area contributed by atoms with Crippen molar-refractivity contribution in [1.29, 1.82) is 0 Å². The summed E-state index contributed by atoms with van der Waals surface area (Å²) < 4.78 is 19.8. The molecule has 2 aromatic rings. The normalized spacial score (nSPS) is 10.4. The summed E-state index contributed by atoms with van der Waals surface area (Å²) in [7, 11) is 0. The molecule has 0 fully saturated rings. The molecule has 2 aromatic carbocycles. The van der Waals surface area contributed by atoms with Gasteiger partial charge in [-0.3, -0.25) is 0 Å². The Kier molecular flexibility index (Phi) is 3.87. The highest BCUT2D eigenvalue weighted by molar-refractivity contribution is 9.10. The zero-order valence-corrected chi connectivity index (χ0v) is 11.5. The second-order valence-corrected chi connectivity index (χ2v) is 4.84. The quantitative estimate of drug-likeness (QED) is 0.868. The zero-order chi connectivity index (χ0) is 13.1. The lowest BCUT2D eigenvalue weighted by molar-refractivity contribution is 0.289. The molecule has 2 rings (SSSR count). The molecule has 0 spiro atoms. The summed E-state index contributed by atoms with van der Waals surface area (Å²) in [5.74, 6) is -0.107. The van der Waals surface area contributed by atoms with Gasteiger partial charge in [0.25, 0.3) is 0 Å². The molecule has 0 aliphatic carbocycles. The van der Waals surface area contributed by atoms with Crippen molar-refractivity contribution in [1.82, 2.24) is 0 Å². The average Bonchev–Trinajstić information content (AvgIpc) is 2.35. The van der Waals surface area contributed by atoms with E-state index in [2.05, 4.69) is 15.9 Å². The maximum Gasteiger partial charge on any atom is 0.165 e. The average molecular weight is 310 g/mol. The Balaban J connectivity index is 2.16. The summed E-state index contributed by atoms with van der Waals surface area (Å²) in [5.41, 5.74) is 8.25. The molecule has 0 aliphatic rings. The van der Waals surface area contributed by atoms with Gasteiger partial charge in [-0.25, -0.2) is 4.39 Å². The molecule has 0 saturated carbocycles. The number of halogens is 2. The van der Waals surface area contributed by atoms with Crippen LogP contribution in [0.3, 0.4) is 0 Å². The lowest BCUT2D eigenvalue weighted by Crippen LogP contribution is -2.00. The van der Waals surface area contributed by atoms with Gasteiger partial charge in [-0.2, -0.15) is 0 Å². The Morgan fingerprint density at radius 2 is 2.06 bits per heavy atom. The summed E-state index contributed by atoms with van der Waals surface area (Å²) >= 11 is 3.39. The minimum absolute atomic E-state index is 0.254. The lowest BCUT2D eigenvalue weighted by Gasteiger charge is -2.10. The van der Waals surface area contributed by atoms with Crippen molar-refractivity contribution in [2.75, 3.05) is 5.73 Å². The van der Waals surface area contributed by atoms with E-state index < -0.39 is 0 Å². The number of nitrogens with two attached hydrogens (primary N) is 1. The number of hydrogen-bond acceptors (Lipinski definition) is 2. The van der Waals surface area contributed by atoms with Gasteiger partial charge >= 0.3 is 0 Å². The smallest absolute Gasteiger partial charge is 0.165 e. The standard InChI is InChI=1S/C14H13BrFNO/c1-9-5-6-11(16)13(7-9)18-8-10-3-2-4-12(17)14(10)15/h2-7H,8,17H2,1H3. The number of benzene rings is 2. The first-order chi connectivity index (χ1) is 8.58. The van der Waals surface area contributed by atoms with Crippen molar-refractivity contribution in [3.8, 4) is 5.75 Å². The molecule has 0 aromatic heterocycles. The number of aryl methyl sites for hydroxylation is 1. The molecule has 0 unspecified atom stereocenters. The molecule has 2 nitrogen and oxygen atoms in total. The largest absolute Gasteiger partial charge is 0.486 e. The van der Waals surface area contributed by atoms with E-state index >= 15 is 0 Å². The predicted octanol–water partition coefficient (Wildman–Crippen LogP) is 4.06. The SMILES string of the molecule is Cc1ccc(F)c(OCc2cccc(N)c2Br)c1. The Labute approximate surface area is 114 Å². The van der Waals surface area contributed by atoms with Crippen molar-refractivity contribution >= 4 is 21.6 Å². The summed E-state index contributed by atoms with van der Waals surface area (Å²) in [6, 6.07) is 10.3. The van der Waals surface area contributed by atoms with E-state index in [9.17, 15) is 4.39 Å². The van der Waals surface area contributed by atoms with Gasteiger partial charge in [-0.15, -0.1) is 0 Å². The molecule has 18 heavy (non-hydrogen) atoms. The topological polar surface area (TPSA) is 35.2 Å². The van der Waals surface area contributed by atoms with E-state index in [0.717, 1.165) is 15.6 Å². The lowest BCUT2D eigenvalue weighted by atomic mass is 10.2. The number of rotatable bonds is 3. The number of nitrogen functional groups attached to an aromatic ring is 1. The molecule has 0 atom stereocenters. The summed E-state index contributed by atoms with van der Waals surface area (Å²) in [6.45, 7) is 2.16. The highest BCUT2D eigenvalue weighted by Gasteiger charge is 2.07. The zero-order valence-electron chi connectivity index (χ0n) is 9.91. The van der Waals surface area contributed by atoms with Crippen LogP contribution in [0.5, 0.6) is 5.75 Å². The van der Waals surface area contributed by atoms with Gasteiger partial charge in [-0.05, 0) is 46.6 Å². The van der Waals surface area contributed by atoms with E-state index in [1.165, 1.54) is 6.07 Å². The van der Waals surface area contributed by atoms with Crippen molar-refractivity contribution < 1.29 is 9.13 Å². The summed E-state index contributed by atoms with van der Waals surface area (Å²) in [4.78, 5) is 0. The predicted molar refractivity (Wildman–Crippen MR) is 74.0 cm³/mol. The molecule has 0 amide bonds. The van der Waals surface area contributed by atoms with Gasteiger partial charge in [0.15, 0.2) is 11.6 Å². The van der Waals surface area contributed by atoms with Gasteiger partial charge in [0, 0.05) is 15.7 Å². The van der Waals surface area contributed by atoms with Crippen LogP contribution in [0.1, 0.15) is 11.1 Å². The molecule has 2 N–H and O–H groups in total. The third-order valence-electron chi connectivity index (χ3n) is 2.58. The van der Waals surface area contributed by atoms with Crippen LogP contribution in [0.25, 0.3) is 0 Å². The highest BCUT2D eigenvalue weighted by Crippen LogP contribution is 2.26. The van der Waals surface area contributed by atoms with Gasteiger partial charge < -0.3 is 10.5 Å². The fraction of sp³-hybridized carbons (Fsp3) is 0.143. The van der Waals surface area contributed by atoms with E-state index in [1.807, 2.05) is 19.1 Å². The molecule has 94 valence electrons. The molecule has 0 radical (unpaired) electrons. The maximum absolute atomic E-state index is 13.5. The van der Waals surface area contributed by atoms with Crippen LogP contribution in [-0.4, -0.2) is 0 Å². The van der Waals surface area contributed by atoms with Gasteiger partial charge in [0.1, 0.15) is 6.61 Å². The molecule has 0 heterocycles. The van der Waals surface area contributed by atoms with Crippen LogP contribution in [0, 0.1) is 12.7 Å². The van der Waals surface area contributed by atoms with Crippen LogP contribution in [0.4, 0.5) is 10.1 Å². The van der Waals surface area contributed by atoms with Crippen molar-refractivity contribution in [3.05, 3.63) is 57.8 Å². The minimum Gasteiger partial charge on any atom is -0.486 e. The molecule has 0 bridgehead atoms. The second-order valence-electron chi connectivity index (χ2n) is 4.04. The van der Waals surface area contributed by atoms with E-state index in [1.54, 1.807) is 18.2 Å². The maximum atomic E-state index is 13.5. The second kappa shape index (κ2) is 5.40. The summed E-state index contributed by atoms with van der Waals surface area (Å²) in [5, 5.41) is 0. The van der Waals surface area contributed by atoms with Crippen molar-refractivity contribution in [3.63, 3.8) is 0 Å². The first-order valence-corrected chi connectivity index (χ1v) is 6.29. The highest BCUT2D eigenvalue weighted by atomic mass is 79.9. The minimum atomic E-state index is -0.361. The third kappa shape index (κ3) is 2.82. The Morgan fingerprint density at radius 1 is 1.28 bits per heavy atom. The van der Waals surface area contributed by atoms with E-state index in [0.29, 0.717) is 5.69 Å². The number of hydrogen-bond donors (Lipinski definition) is 1. The Hall–Kier alpha value is -1.55. The number of ether oxygens (including phenoxy) is 1. The number of anilines is 1. The third-order valence-corrected chi connectivity index (χ3v) is 3.55. The van der Waals surface area contributed by atoms with Crippen LogP contribution in [-0.2, 0) is 6.61 Å². The fourth-order valence-corrected chi connectivity index (χ4v) is 1.97. The van der Waals surface area contributed by atoms with Gasteiger partial charge in [-0.1, -0.05) is 18.2 Å². The van der Waals surface area contributed by atoms with Crippen molar-refractivity contribution in [2.24, 2.45) is 0 Å². The summed E-state index contributed by atoms with van der Waals surface area (Å²) in [6.07, 6.45) is 0. The van der Waals surface area contributed by atoms with Crippen LogP contribution >= 0.6 is 15.9 Å². The molecular weight excluding hydrogens is 297 g/mol. The fourth-order valence-electron chi connectivity index (χ4n) is 1.59. The molecular formula is C14H13BrFNO. The first kappa shape index (κ1) is 12.9.